The fraction of sp³-hybridized carbons (Fsp3) is 0.278. The number of nitrogens with one attached hydrogen (secondary N) is 2. The maximum absolute atomic E-state index is 13.3. The van der Waals surface area contributed by atoms with Gasteiger partial charge in [-0.2, -0.15) is 0 Å². The summed E-state index contributed by atoms with van der Waals surface area (Å²) >= 11 is 0. The molecule has 1 saturated heterocycles. The van der Waals surface area contributed by atoms with Crippen LogP contribution in [0.2, 0.25) is 0 Å². The lowest BCUT2D eigenvalue weighted by atomic mass is 9.90. The molecule has 1 aliphatic rings. The zero-order valence-electron chi connectivity index (χ0n) is 24.7. The Kier molecular flexibility index (Phi) is 11.1. The molecule has 2 amide bonds. The van der Waals surface area contributed by atoms with Gasteiger partial charge in [0.25, 0.3) is 0 Å². The first-order valence-corrected chi connectivity index (χ1v) is 15.0. The van der Waals surface area contributed by atoms with Gasteiger partial charge >= 0.3 is 0 Å². The molecule has 1 heterocycles. The number of carbonyl (C=O) groups excluding carboxylic acids is 2. The molecule has 44 heavy (non-hydrogen) atoms. The molecule has 1 aliphatic heterocycles. The summed E-state index contributed by atoms with van der Waals surface area (Å²) in [6.45, 7) is 2.27. The van der Waals surface area contributed by atoms with Crippen LogP contribution in [-0.4, -0.2) is 49.0 Å². The molecule has 5 rings (SSSR count). The average molecular weight is 596 g/mol. The van der Waals surface area contributed by atoms with Crippen molar-refractivity contribution in [1.82, 2.24) is 10.2 Å². The van der Waals surface area contributed by atoms with E-state index in [1.165, 1.54) is 17.7 Å². The molecule has 228 valence electrons. The SMILES string of the molecule is O=C(CN1CCC(Cc2ccccc2)CC1)NC(COCc1ccccc1)C(=O)Nc1ccc(Oc2ccc(F)cc2)cc1. The first kappa shape index (κ1) is 30.9. The Morgan fingerprint density at radius 3 is 2.02 bits per heavy atom. The molecule has 2 N–H and O–H groups in total. The fourth-order valence-corrected chi connectivity index (χ4v) is 5.27. The Balaban J connectivity index is 1.14. The lowest BCUT2D eigenvalue weighted by molar-refractivity contribution is -0.128. The minimum absolute atomic E-state index is 0.0252. The number of halogens is 1. The summed E-state index contributed by atoms with van der Waals surface area (Å²) in [5, 5.41) is 5.77. The lowest BCUT2D eigenvalue weighted by Crippen LogP contribution is -2.50. The number of rotatable bonds is 13. The fourth-order valence-electron chi connectivity index (χ4n) is 5.27. The Labute approximate surface area is 258 Å². The van der Waals surface area contributed by atoms with E-state index in [9.17, 15) is 14.0 Å². The van der Waals surface area contributed by atoms with Gasteiger partial charge in [-0.1, -0.05) is 60.7 Å². The number of piperidine rings is 1. The maximum Gasteiger partial charge on any atom is 0.249 e. The first-order chi connectivity index (χ1) is 21.5. The Morgan fingerprint density at radius 1 is 0.795 bits per heavy atom. The zero-order valence-corrected chi connectivity index (χ0v) is 24.7. The number of amides is 2. The second-order valence-electron chi connectivity index (χ2n) is 11.1. The van der Waals surface area contributed by atoms with Gasteiger partial charge in [0.05, 0.1) is 19.8 Å². The lowest BCUT2D eigenvalue weighted by Gasteiger charge is -2.32. The average Bonchev–Trinajstić information content (AvgIpc) is 3.04. The minimum Gasteiger partial charge on any atom is -0.457 e. The molecule has 0 saturated carbocycles. The molecule has 4 aromatic rings. The molecule has 1 unspecified atom stereocenters. The van der Waals surface area contributed by atoms with Crippen molar-refractivity contribution >= 4 is 17.5 Å². The molecule has 1 fully saturated rings. The molecule has 0 spiro atoms. The molecule has 8 heteroatoms. The van der Waals surface area contributed by atoms with Crippen molar-refractivity contribution in [2.45, 2.75) is 31.9 Å². The van der Waals surface area contributed by atoms with Crippen molar-refractivity contribution in [3.8, 4) is 11.5 Å². The van der Waals surface area contributed by atoms with Gasteiger partial charge in [0.15, 0.2) is 0 Å². The number of nitrogens with zero attached hydrogens (tertiary/aromatic N) is 1. The Hall–Kier alpha value is -4.53. The first-order valence-electron chi connectivity index (χ1n) is 15.0. The third-order valence-corrected chi connectivity index (χ3v) is 7.66. The normalized spacial score (nSPS) is 14.5. The van der Waals surface area contributed by atoms with Crippen LogP contribution in [0.15, 0.2) is 109 Å². The van der Waals surface area contributed by atoms with E-state index >= 15 is 0 Å². The van der Waals surface area contributed by atoms with E-state index in [-0.39, 0.29) is 30.8 Å². The number of hydrogen-bond donors (Lipinski definition) is 2. The van der Waals surface area contributed by atoms with Gasteiger partial charge in [-0.3, -0.25) is 14.5 Å². The Morgan fingerprint density at radius 2 is 1.39 bits per heavy atom. The van der Waals surface area contributed by atoms with Crippen LogP contribution in [0.25, 0.3) is 0 Å². The standard InChI is InChI=1S/C36H38FN3O4/c37-30-11-15-32(16-12-30)44-33-17-13-31(14-18-33)38-36(42)34(26-43-25-29-9-5-2-6-10-29)39-35(41)24-40-21-19-28(20-22-40)23-27-7-3-1-4-8-27/h1-18,28,34H,19-26H2,(H,38,42)(H,39,41). The molecule has 7 nitrogen and oxygen atoms in total. The molecule has 4 aromatic carbocycles. The van der Waals surface area contributed by atoms with E-state index in [2.05, 4.69) is 39.8 Å². The van der Waals surface area contributed by atoms with E-state index in [0.717, 1.165) is 37.9 Å². The van der Waals surface area contributed by atoms with Gasteiger partial charge in [-0.15, -0.1) is 0 Å². The van der Waals surface area contributed by atoms with Gasteiger partial charge in [0.1, 0.15) is 23.4 Å². The predicted octanol–water partition coefficient (Wildman–Crippen LogP) is 6.21. The summed E-state index contributed by atoms with van der Waals surface area (Å²) in [6.07, 6.45) is 3.13. The van der Waals surface area contributed by atoms with Crippen LogP contribution < -0.4 is 15.4 Å². The molecule has 0 radical (unpaired) electrons. The van der Waals surface area contributed by atoms with E-state index in [1.54, 1.807) is 36.4 Å². The summed E-state index contributed by atoms with van der Waals surface area (Å²) in [6, 6.07) is 31.9. The van der Waals surface area contributed by atoms with E-state index in [0.29, 0.717) is 29.7 Å². The van der Waals surface area contributed by atoms with Crippen molar-refractivity contribution in [2.75, 3.05) is 31.6 Å². The van der Waals surface area contributed by atoms with Crippen LogP contribution in [0.1, 0.15) is 24.0 Å². The third-order valence-electron chi connectivity index (χ3n) is 7.66. The van der Waals surface area contributed by atoms with E-state index < -0.39 is 6.04 Å². The van der Waals surface area contributed by atoms with Crippen LogP contribution in [0.3, 0.4) is 0 Å². The van der Waals surface area contributed by atoms with Crippen molar-refractivity contribution in [2.24, 2.45) is 5.92 Å². The Bertz CT molecular complexity index is 1460. The van der Waals surface area contributed by atoms with Crippen LogP contribution in [0, 0.1) is 11.7 Å². The molecular formula is C36H38FN3O4. The topological polar surface area (TPSA) is 79.9 Å². The molecule has 0 bridgehead atoms. The number of anilines is 1. The summed E-state index contributed by atoms with van der Waals surface area (Å²) in [5.74, 6) is 0.723. The number of ether oxygens (including phenoxy) is 2. The third kappa shape index (κ3) is 9.76. The van der Waals surface area contributed by atoms with E-state index in [1.807, 2.05) is 36.4 Å². The quantitative estimate of drug-likeness (QED) is 0.192. The molecule has 0 aliphatic carbocycles. The molecule has 1 atom stereocenters. The van der Waals surface area contributed by atoms with Crippen molar-refractivity contribution in [3.63, 3.8) is 0 Å². The van der Waals surface area contributed by atoms with Gasteiger partial charge < -0.3 is 20.1 Å². The number of likely N-dealkylation sites (tertiary alicyclic amines) is 1. The highest BCUT2D eigenvalue weighted by atomic mass is 19.1. The van der Waals surface area contributed by atoms with Gasteiger partial charge in [0, 0.05) is 5.69 Å². The van der Waals surface area contributed by atoms with Gasteiger partial charge in [-0.25, -0.2) is 4.39 Å². The highest BCUT2D eigenvalue weighted by Crippen LogP contribution is 2.24. The zero-order chi connectivity index (χ0) is 30.6. The van der Waals surface area contributed by atoms with E-state index in [4.69, 9.17) is 9.47 Å². The maximum atomic E-state index is 13.3. The molecular weight excluding hydrogens is 557 g/mol. The van der Waals surface area contributed by atoms with Crippen LogP contribution >= 0.6 is 0 Å². The number of carbonyl (C=O) groups is 2. The summed E-state index contributed by atoms with van der Waals surface area (Å²) in [5.41, 5.74) is 2.88. The highest BCUT2D eigenvalue weighted by molar-refractivity contribution is 5.97. The van der Waals surface area contributed by atoms with Crippen LogP contribution in [0.5, 0.6) is 11.5 Å². The van der Waals surface area contributed by atoms with Crippen molar-refractivity contribution in [1.29, 1.82) is 0 Å². The summed E-state index contributed by atoms with van der Waals surface area (Å²) < 4.78 is 24.8. The summed E-state index contributed by atoms with van der Waals surface area (Å²) in [7, 11) is 0. The predicted molar refractivity (Wildman–Crippen MR) is 169 cm³/mol. The van der Waals surface area contributed by atoms with Gasteiger partial charge in [-0.05, 0) is 97.9 Å². The van der Waals surface area contributed by atoms with Gasteiger partial charge in [0.2, 0.25) is 11.8 Å². The minimum atomic E-state index is -0.878. The highest BCUT2D eigenvalue weighted by Gasteiger charge is 2.25. The van der Waals surface area contributed by atoms with Crippen LogP contribution in [0.4, 0.5) is 10.1 Å². The summed E-state index contributed by atoms with van der Waals surface area (Å²) in [4.78, 5) is 28.6. The number of hydrogen-bond acceptors (Lipinski definition) is 5. The monoisotopic (exact) mass is 595 g/mol. The second kappa shape index (κ2) is 15.8. The smallest absolute Gasteiger partial charge is 0.249 e. The second-order valence-corrected chi connectivity index (χ2v) is 11.1. The van der Waals surface area contributed by atoms with Crippen molar-refractivity contribution in [3.05, 3.63) is 126 Å². The molecule has 0 aromatic heterocycles. The van der Waals surface area contributed by atoms with Crippen molar-refractivity contribution < 1.29 is 23.5 Å². The van der Waals surface area contributed by atoms with Crippen LogP contribution in [-0.2, 0) is 27.4 Å². The largest absolute Gasteiger partial charge is 0.457 e. The number of benzene rings is 4.